The van der Waals surface area contributed by atoms with Gasteiger partial charge in [0.15, 0.2) is 0 Å². The zero-order valence-corrected chi connectivity index (χ0v) is 84.1. The molecular formula is C110H152N10O20. The maximum Gasteiger partial charge on any atom is 0.0997 e. The van der Waals surface area contributed by atoms with Crippen molar-refractivity contribution in [3.63, 3.8) is 0 Å². The average Bonchev–Trinajstić information content (AvgIpc) is 1.21. The van der Waals surface area contributed by atoms with Gasteiger partial charge in [-0.1, -0.05) is 121 Å². The first kappa shape index (κ1) is 111. The molecule has 0 aliphatic carbocycles. The number of hydrogen-bond acceptors (Lipinski definition) is 30. The van der Waals surface area contributed by atoms with E-state index in [1.54, 1.807) is 0 Å². The number of benzene rings is 10. The highest BCUT2D eigenvalue weighted by molar-refractivity contribution is 5.56. The molecule has 0 aliphatic heterocycles. The molecule has 0 atom stereocenters. The largest absolute Gasteiger partial charge is 0.395 e. The lowest BCUT2D eigenvalue weighted by molar-refractivity contribution is -0.295. The Morgan fingerprint density at radius 3 is 0.300 bits per heavy atom. The van der Waals surface area contributed by atoms with Crippen LogP contribution in [0.15, 0.2) is 243 Å². The van der Waals surface area contributed by atoms with E-state index in [9.17, 15) is 10.2 Å². The Hall–Kier alpha value is -10.6. The predicted octanol–water partition coefficient (Wildman–Crippen LogP) is 16.7. The van der Waals surface area contributed by atoms with Gasteiger partial charge in [-0.15, -0.1) is 0 Å². The fourth-order valence-corrected chi connectivity index (χ4v) is 15.9. The number of aryl methyl sites for hydroxylation is 10. The van der Waals surface area contributed by atoms with Crippen molar-refractivity contribution >= 4 is 56.9 Å². The van der Waals surface area contributed by atoms with Crippen LogP contribution in [0, 0.1) is 69.2 Å². The molecule has 0 aromatic heterocycles. The van der Waals surface area contributed by atoms with Crippen LogP contribution in [-0.4, -0.2) is 273 Å². The number of anilines is 10. The number of rotatable bonds is 77. The van der Waals surface area contributed by atoms with Crippen molar-refractivity contribution in [1.82, 2.24) is 0 Å². The summed E-state index contributed by atoms with van der Waals surface area (Å²) < 4.78 is 0. The molecule has 0 saturated carbocycles. The lowest BCUT2D eigenvalue weighted by atomic mass is 10.2. The van der Waals surface area contributed by atoms with Gasteiger partial charge in [-0.3, -0.25) is 0 Å². The van der Waals surface area contributed by atoms with E-state index in [0.717, 1.165) is 113 Å². The summed E-state index contributed by atoms with van der Waals surface area (Å²) in [7, 11) is 0. The molecule has 0 bridgehead atoms. The van der Waals surface area contributed by atoms with E-state index >= 15 is 0 Å². The van der Waals surface area contributed by atoms with E-state index < -0.39 is 0 Å². The van der Waals surface area contributed by atoms with Crippen LogP contribution >= 0.6 is 0 Å². The van der Waals surface area contributed by atoms with Crippen LogP contribution in [0.2, 0.25) is 0 Å². The van der Waals surface area contributed by atoms with Gasteiger partial charge >= 0.3 is 0 Å². The van der Waals surface area contributed by atoms with Crippen LogP contribution in [-0.2, 0) is 88.0 Å². The smallest absolute Gasteiger partial charge is 0.0997 e. The van der Waals surface area contributed by atoms with E-state index in [1.165, 1.54) is 0 Å². The first-order valence-corrected chi connectivity index (χ1v) is 49.1. The molecule has 0 radical (unpaired) electrons. The second-order valence-electron chi connectivity index (χ2n) is 34.5. The maximum absolute atomic E-state index is 9.71. The highest BCUT2D eigenvalue weighted by Crippen LogP contribution is 2.26. The monoisotopic (exact) mass is 1930 g/mol. The van der Waals surface area contributed by atoms with Crippen molar-refractivity contribution in [2.75, 3.05) is 312 Å². The Bertz CT molecular complexity index is 4680. The Morgan fingerprint density at radius 1 is 0.136 bits per heavy atom. The van der Waals surface area contributed by atoms with Crippen molar-refractivity contribution in [2.24, 2.45) is 0 Å². The molecule has 0 amide bonds. The van der Waals surface area contributed by atoms with Crippen molar-refractivity contribution in [1.29, 1.82) is 0 Å². The van der Waals surface area contributed by atoms with Gasteiger partial charge in [0, 0.05) is 188 Å². The molecule has 10 aromatic rings. The summed E-state index contributed by atoms with van der Waals surface area (Å²) in [5.41, 5.74) is 21.8. The molecule has 0 saturated heterocycles. The third-order valence-corrected chi connectivity index (χ3v) is 23.2. The molecule has 30 nitrogen and oxygen atoms in total. The molecule has 10 rings (SSSR count). The van der Waals surface area contributed by atoms with Crippen molar-refractivity contribution in [2.45, 2.75) is 69.2 Å². The third kappa shape index (κ3) is 43.5. The second kappa shape index (κ2) is 66.2. The topological polar surface area (TPSA) is 239 Å². The van der Waals surface area contributed by atoms with Crippen LogP contribution in [0.5, 0.6) is 0 Å². The Balaban J connectivity index is 0.595. The fourth-order valence-electron chi connectivity index (χ4n) is 15.9. The molecule has 0 fully saturated rings. The maximum atomic E-state index is 9.71. The van der Waals surface area contributed by atoms with Gasteiger partial charge in [-0.05, 0) is 246 Å². The summed E-state index contributed by atoms with van der Waals surface area (Å²) in [4.78, 5) is 126. The predicted molar refractivity (Wildman–Crippen MR) is 555 cm³/mol. The minimum Gasteiger partial charge on any atom is -0.395 e. The Labute approximate surface area is 830 Å². The van der Waals surface area contributed by atoms with Gasteiger partial charge in [-0.25, -0.2) is 88.0 Å². The highest BCUT2D eigenvalue weighted by atomic mass is 17.2. The number of aliphatic hydroxyl groups is 2. The number of nitrogens with zero attached hydrogens (tertiary/aromatic N) is 10. The zero-order chi connectivity index (χ0) is 98.6. The molecule has 0 unspecified atom stereocenters. The van der Waals surface area contributed by atoms with E-state index in [2.05, 4.69) is 312 Å². The molecule has 30 heteroatoms. The zero-order valence-electron chi connectivity index (χ0n) is 84.1. The summed E-state index contributed by atoms with van der Waals surface area (Å²) in [5, 5.41) is 19.4. The van der Waals surface area contributed by atoms with Gasteiger partial charge < -0.3 is 59.2 Å². The second-order valence-corrected chi connectivity index (χ2v) is 34.5. The summed E-state index contributed by atoms with van der Waals surface area (Å²) in [6, 6.07) is 83.3. The van der Waals surface area contributed by atoms with E-state index in [4.69, 9.17) is 88.0 Å². The van der Waals surface area contributed by atoms with Crippen molar-refractivity contribution in [3.8, 4) is 0 Å². The van der Waals surface area contributed by atoms with Gasteiger partial charge in [0.2, 0.25) is 0 Å². The number of aliphatic hydroxyl groups excluding tert-OH is 2. The quantitative estimate of drug-likeness (QED) is 0.0205. The van der Waals surface area contributed by atoms with Crippen LogP contribution < -0.4 is 49.0 Å². The standard InChI is InChI=1S/C110H152N10O20/c1-91-21-11-31-101(81-91)111(41-61-121)43-63-123-125-65-45-113(103-33-13-23-93(3)83-103)47-67-127-129-69-49-115(105-35-15-25-95(5)85-105)51-71-131-133-73-53-117(107-37-17-27-97(7)87-107)55-75-135-137-77-57-119(109-39-19-29-99(9)89-109)59-79-139-140-80-60-120(110-40-20-30-100(10)90-110)58-78-138-136-76-56-118(108-38-18-28-98(8)88-108)54-74-134-132-72-52-116(106-36-16-26-96(6)86-106)50-70-130-128-68-48-114(104-34-14-24-94(4)84-104)46-66-126-124-64-44-112(42-62-122)102-32-12-22-92(2)82-102/h11-40,81-90,121-122H,41-80H2,1-10H3. The first-order chi connectivity index (χ1) is 68.5. The molecular weight excluding hydrogens is 1780 g/mol. The number of hydrogen-bond donors (Lipinski definition) is 2. The molecule has 2 N–H and O–H groups in total. The highest BCUT2D eigenvalue weighted by Gasteiger charge is 2.20. The lowest BCUT2D eigenvalue weighted by Crippen LogP contribution is -2.34. The average molecular weight is 1930 g/mol. The Morgan fingerprint density at radius 2 is 0.221 bits per heavy atom. The first-order valence-electron chi connectivity index (χ1n) is 49.1. The van der Waals surface area contributed by atoms with E-state index in [-0.39, 0.29) is 13.2 Å². The van der Waals surface area contributed by atoms with Gasteiger partial charge in [0.05, 0.1) is 132 Å². The summed E-state index contributed by atoms with van der Waals surface area (Å²) >= 11 is 0. The van der Waals surface area contributed by atoms with E-state index in [0.29, 0.717) is 250 Å². The normalized spacial score (nSPS) is 11.4. The van der Waals surface area contributed by atoms with Gasteiger partial charge in [0.1, 0.15) is 0 Å². The molecule has 140 heavy (non-hydrogen) atoms. The Kier molecular flexibility index (Phi) is 52.7. The van der Waals surface area contributed by atoms with Crippen LogP contribution in [0.3, 0.4) is 0 Å². The minimum absolute atomic E-state index is 0.0408. The molecule has 762 valence electrons. The lowest BCUT2D eigenvalue weighted by Gasteiger charge is -2.27. The summed E-state index contributed by atoms with van der Waals surface area (Å²) in [6.45, 7) is 37.5. The SMILES string of the molecule is Cc1cccc(N(CCO)CCOOCCN(CCOOCCN(CCOOCCN(CCOOCCN(CCOOCCN(CCOOCCN(CCOOCCN(CCOOCCN(CCOOCCN(CCO)c2cccc(C)c2)c2cccc(C)c2)c2cccc(C)c2)c2cccc(C)c2)c2cccc(C)c2)c2cccc(C)c2)c2cccc(C)c2)c2cccc(C)c2)c2cccc(C)c2)c1. The molecule has 10 aromatic carbocycles. The van der Waals surface area contributed by atoms with Crippen molar-refractivity contribution in [3.05, 3.63) is 298 Å². The third-order valence-electron chi connectivity index (χ3n) is 23.2. The van der Waals surface area contributed by atoms with Gasteiger partial charge in [-0.2, -0.15) is 0 Å². The van der Waals surface area contributed by atoms with Crippen molar-refractivity contribution < 1.29 is 98.2 Å². The molecule has 0 spiro atoms. The van der Waals surface area contributed by atoms with Crippen LogP contribution in [0.1, 0.15) is 55.6 Å². The van der Waals surface area contributed by atoms with Crippen LogP contribution in [0.25, 0.3) is 0 Å². The molecule has 0 heterocycles. The molecule has 0 aliphatic rings. The fraction of sp³-hybridized carbons (Fsp3) is 0.455. The minimum atomic E-state index is 0.0408. The van der Waals surface area contributed by atoms with Gasteiger partial charge in [0.25, 0.3) is 0 Å². The summed E-state index contributed by atoms with van der Waals surface area (Å²) in [5.74, 6) is 0. The van der Waals surface area contributed by atoms with E-state index in [1.807, 2.05) is 48.5 Å². The summed E-state index contributed by atoms with van der Waals surface area (Å²) in [6.07, 6.45) is 0. The van der Waals surface area contributed by atoms with Crippen LogP contribution in [0.4, 0.5) is 56.9 Å².